The Balaban J connectivity index is 2.13. The van der Waals surface area contributed by atoms with Gasteiger partial charge in [-0.05, 0) is 24.1 Å². The Bertz CT molecular complexity index is 496. The van der Waals surface area contributed by atoms with E-state index in [9.17, 15) is 0 Å². The van der Waals surface area contributed by atoms with Crippen molar-refractivity contribution in [2.24, 2.45) is 0 Å². The van der Waals surface area contributed by atoms with E-state index in [4.69, 9.17) is 27.9 Å². The van der Waals surface area contributed by atoms with Crippen molar-refractivity contribution in [1.29, 1.82) is 0 Å². The number of rotatable bonds is 4. The van der Waals surface area contributed by atoms with Crippen LogP contribution in [0, 0.1) is 0 Å². The number of alkyl halides is 1. The summed E-state index contributed by atoms with van der Waals surface area (Å²) in [4.78, 5) is 4.92. The molecule has 1 aromatic heterocycles. The normalized spacial score (nSPS) is 10.5. The van der Waals surface area contributed by atoms with E-state index >= 15 is 0 Å². The van der Waals surface area contributed by atoms with Crippen LogP contribution in [0.3, 0.4) is 0 Å². The van der Waals surface area contributed by atoms with Gasteiger partial charge < -0.3 is 4.74 Å². The molecule has 17 heavy (non-hydrogen) atoms. The van der Waals surface area contributed by atoms with Gasteiger partial charge in [-0.2, -0.15) is 4.98 Å². The maximum atomic E-state index is 5.89. The average molecular weight is 288 g/mol. The van der Waals surface area contributed by atoms with Crippen molar-refractivity contribution >= 4 is 34.5 Å². The van der Waals surface area contributed by atoms with Gasteiger partial charge in [0.25, 0.3) is 5.19 Å². The molecule has 0 unspecified atom stereocenters. The molecule has 2 nitrogen and oxygen atoms in total. The third kappa shape index (κ3) is 3.12. The molecule has 0 N–H and O–H groups in total. The van der Waals surface area contributed by atoms with E-state index in [-0.39, 0.29) is 0 Å². The number of hydrogen-bond acceptors (Lipinski definition) is 3. The summed E-state index contributed by atoms with van der Waals surface area (Å²) in [7, 11) is 0. The third-order valence-corrected chi connectivity index (χ3v) is 4.07. The molecule has 0 aliphatic rings. The number of hydrogen-bond donors (Lipinski definition) is 0. The highest BCUT2D eigenvalue weighted by atomic mass is 35.5. The van der Waals surface area contributed by atoms with Gasteiger partial charge in [-0.15, -0.1) is 11.6 Å². The minimum Gasteiger partial charge on any atom is -0.431 e. The summed E-state index contributed by atoms with van der Waals surface area (Å²) in [6, 6.07) is 7.92. The standard InChI is InChI=1S/C12H11Cl2NOS/c1-2-8-3-5-9(6-4-8)16-12-15-11(14)10(7-13)17-12/h3-6H,2,7H2,1H3. The highest BCUT2D eigenvalue weighted by Crippen LogP contribution is 2.32. The average Bonchev–Trinajstić information content (AvgIpc) is 2.70. The predicted molar refractivity (Wildman–Crippen MR) is 72.6 cm³/mol. The van der Waals surface area contributed by atoms with E-state index in [0.29, 0.717) is 16.2 Å². The highest BCUT2D eigenvalue weighted by Gasteiger charge is 2.09. The largest absolute Gasteiger partial charge is 0.431 e. The first-order valence-corrected chi connectivity index (χ1v) is 6.93. The first-order chi connectivity index (χ1) is 8.22. The van der Waals surface area contributed by atoms with Crippen LogP contribution in [-0.2, 0) is 12.3 Å². The van der Waals surface area contributed by atoms with Crippen LogP contribution in [0.2, 0.25) is 5.15 Å². The molecule has 1 aromatic carbocycles. The van der Waals surface area contributed by atoms with E-state index < -0.39 is 0 Å². The summed E-state index contributed by atoms with van der Waals surface area (Å²) < 4.78 is 5.61. The summed E-state index contributed by atoms with van der Waals surface area (Å²) in [5, 5.41) is 0.945. The second-order valence-electron chi connectivity index (χ2n) is 3.43. The van der Waals surface area contributed by atoms with Gasteiger partial charge in [0.1, 0.15) is 10.9 Å². The summed E-state index contributed by atoms with van der Waals surface area (Å²) in [5.41, 5.74) is 1.27. The molecule has 0 spiro atoms. The smallest absolute Gasteiger partial charge is 0.280 e. The summed E-state index contributed by atoms with van der Waals surface area (Å²) >= 11 is 13.0. The minimum absolute atomic E-state index is 0.356. The maximum Gasteiger partial charge on any atom is 0.280 e. The van der Waals surface area contributed by atoms with E-state index in [0.717, 1.165) is 17.0 Å². The number of nitrogens with zero attached hydrogens (tertiary/aromatic N) is 1. The lowest BCUT2D eigenvalue weighted by Gasteiger charge is -2.02. The van der Waals surface area contributed by atoms with Crippen molar-refractivity contribution in [2.45, 2.75) is 19.2 Å². The van der Waals surface area contributed by atoms with Crippen LogP contribution in [0.4, 0.5) is 0 Å². The van der Waals surface area contributed by atoms with Gasteiger partial charge in [0.2, 0.25) is 0 Å². The molecular weight excluding hydrogens is 277 g/mol. The summed E-state index contributed by atoms with van der Waals surface area (Å²) in [5.74, 6) is 1.11. The van der Waals surface area contributed by atoms with Crippen molar-refractivity contribution in [2.75, 3.05) is 0 Å². The van der Waals surface area contributed by atoms with Crippen LogP contribution in [0.25, 0.3) is 0 Å². The lowest BCUT2D eigenvalue weighted by molar-refractivity contribution is 0.478. The zero-order chi connectivity index (χ0) is 12.3. The Morgan fingerprint density at radius 1 is 1.29 bits per heavy atom. The van der Waals surface area contributed by atoms with Crippen LogP contribution in [0.15, 0.2) is 24.3 Å². The fourth-order valence-corrected chi connectivity index (χ4v) is 2.67. The molecule has 0 radical (unpaired) electrons. The lowest BCUT2D eigenvalue weighted by atomic mass is 10.2. The van der Waals surface area contributed by atoms with Crippen LogP contribution in [-0.4, -0.2) is 4.98 Å². The predicted octanol–water partition coefficient (Wildman–Crippen LogP) is 4.89. The van der Waals surface area contributed by atoms with Crippen LogP contribution < -0.4 is 4.74 Å². The van der Waals surface area contributed by atoms with Crippen molar-refractivity contribution in [1.82, 2.24) is 4.98 Å². The van der Waals surface area contributed by atoms with E-state index in [2.05, 4.69) is 11.9 Å². The molecule has 2 rings (SSSR count). The van der Waals surface area contributed by atoms with E-state index in [1.807, 2.05) is 24.3 Å². The molecule has 5 heteroatoms. The zero-order valence-electron chi connectivity index (χ0n) is 9.24. The molecule has 1 heterocycles. The highest BCUT2D eigenvalue weighted by molar-refractivity contribution is 7.14. The van der Waals surface area contributed by atoms with E-state index in [1.54, 1.807) is 0 Å². The third-order valence-electron chi connectivity index (χ3n) is 2.29. The molecule has 0 aliphatic heterocycles. The second-order valence-corrected chi connectivity index (χ2v) is 5.10. The van der Waals surface area contributed by atoms with Crippen molar-refractivity contribution in [3.05, 3.63) is 39.9 Å². The Labute approximate surface area is 114 Å². The summed E-state index contributed by atoms with van der Waals surface area (Å²) in [6.07, 6.45) is 1.01. The number of ether oxygens (including phenoxy) is 1. The number of thiazole rings is 1. The van der Waals surface area contributed by atoms with Crippen molar-refractivity contribution < 1.29 is 4.74 Å². The lowest BCUT2D eigenvalue weighted by Crippen LogP contribution is -1.84. The van der Waals surface area contributed by atoms with Crippen LogP contribution >= 0.6 is 34.5 Å². The first-order valence-electron chi connectivity index (χ1n) is 5.21. The fraction of sp³-hybridized carbons (Fsp3) is 0.250. The van der Waals surface area contributed by atoms with Gasteiger partial charge in [-0.3, -0.25) is 0 Å². The van der Waals surface area contributed by atoms with Gasteiger partial charge >= 0.3 is 0 Å². The topological polar surface area (TPSA) is 22.1 Å². The molecule has 0 aliphatic carbocycles. The van der Waals surface area contributed by atoms with Gasteiger partial charge in [-0.1, -0.05) is 42.0 Å². The quantitative estimate of drug-likeness (QED) is 0.747. The molecule has 2 aromatic rings. The minimum atomic E-state index is 0.356. The molecule has 0 saturated heterocycles. The van der Waals surface area contributed by atoms with E-state index in [1.165, 1.54) is 16.9 Å². The Hall–Kier alpha value is -0.770. The molecule has 0 fully saturated rings. The number of halogens is 2. The number of benzene rings is 1. The van der Waals surface area contributed by atoms with Crippen molar-refractivity contribution in [3.8, 4) is 10.9 Å². The van der Waals surface area contributed by atoms with Gasteiger partial charge in [-0.25, -0.2) is 0 Å². The second kappa shape index (κ2) is 5.71. The molecular formula is C12H11Cl2NOS. The van der Waals surface area contributed by atoms with Crippen molar-refractivity contribution in [3.63, 3.8) is 0 Å². The Morgan fingerprint density at radius 2 is 2.00 bits per heavy atom. The van der Waals surface area contributed by atoms with Gasteiger partial charge in [0.15, 0.2) is 0 Å². The SMILES string of the molecule is CCc1ccc(Oc2nc(Cl)c(CCl)s2)cc1. The fourth-order valence-electron chi connectivity index (χ4n) is 1.33. The number of aromatic nitrogens is 1. The van der Waals surface area contributed by atoms with Gasteiger partial charge in [0, 0.05) is 0 Å². The Kier molecular flexibility index (Phi) is 4.26. The molecule has 0 atom stereocenters. The zero-order valence-corrected chi connectivity index (χ0v) is 11.6. The number of aryl methyl sites for hydroxylation is 1. The monoisotopic (exact) mass is 287 g/mol. The molecule has 90 valence electrons. The molecule has 0 saturated carbocycles. The first kappa shape index (κ1) is 12.7. The van der Waals surface area contributed by atoms with Gasteiger partial charge in [0.05, 0.1) is 10.8 Å². The summed E-state index contributed by atoms with van der Waals surface area (Å²) in [6.45, 7) is 2.11. The molecule has 0 amide bonds. The Morgan fingerprint density at radius 3 is 2.53 bits per heavy atom. The van der Waals surface area contributed by atoms with Crippen LogP contribution in [0.5, 0.6) is 10.9 Å². The van der Waals surface area contributed by atoms with Crippen LogP contribution in [0.1, 0.15) is 17.4 Å². The maximum absolute atomic E-state index is 5.89. The molecule has 0 bridgehead atoms.